The molecule has 0 radical (unpaired) electrons. The Hall–Kier alpha value is -1.50. The van der Waals surface area contributed by atoms with Gasteiger partial charge < -0.3 is 11.1 Å². The first-order valence-electron chi connectivity index (χ1n) is 8.26. The monoisotopic (exact) mass is 351 g/mol. The third kappa shape index (κ3) is 3.61. The fourth-order valence-electron chi connectivity index (χ4n) is 3.59. The highest BCUT2D eigenvalue weighted by atomic mass is 35.5. The van der Waals surface area contributed by atoms with E-state index in [-0.39, 0.29) is 12.7 Å². The van der Waals surface area contributed by atoms with E-state index in [1.807, 2.05) is 25.4 Å². The molecule has 5 nitrogen and oxygen atoms in total. The summed E-state index contributed by atoms with van der Waals surface area (Å²) >= 11 is 6.15. The SMILES string of the molecule is Cn1ccc(-c2cnc(Cl)cc2C2(N)CCCC(NCCF)C2)n1. The van der Waals surface area contributed by atoms with Gasteiger partial charge in [0.15, 0.2) is 0 Å². The van der Waals surface area contributed by atoms with Crippen molar-refractivity contribution in [1.29, 1.82) is 0 Å². The third-order valence-electron chi connectivity index (χ3n) is 4.71. The minimum absolute atomic E-state index is 0.211. The summed E-state index contributed by atoms with van der Waals surface area (Å²) in [5, 5.41) is 8.15. The molecule has 1 saturated carbocycles. The lowest BCUT2D eigenvalue weighted by molar-refractivity contribution is 0.241. The Morgan fingerprint density at radius 3 is 3.08 bits per heavy atom. The van der Waals surface area contributed by atoms with Crippen molar-refractivity contribution in [3.63, 3.8) is 0 Å². The topological polar surface area (TPSA) is 68.8 Å². The van der Waals surface area contributed by atoms with E-state index in [1.54, 1.807) is 10.9 Å². The van der Waals surface area contributed by atoms with Crippen LogP contribution in [0.4, 0.5) is 4.39 Å². The van der Waals surface area contributed by atoms with E-state index in [1.165, 1.54) is 0 Å². The summed E-state index contributed by atoms with van der Waals surface area (Å²) in [6, 6.07) is 4.01. The number of hydrogen-bond donors (Lipinski definition) is 2. The molecular formula is C17H23ClFN5. The Morgan fingerprint density at radius 1 is 1.54 bits per heavy atom. The number of aromatic nitrogens is 3. The maximum absolute atomic E-state index is 12.5. The van der Waals surface area contributed by atoms with E-state index in [0.29, 0.717) is 11.7 Å². The molecule has 0 bridgehead atoms. The van der Waals surface area contributed by atoms with Crippen molar-refractivity contribution in [1.82, 2.24) is 20.1 Å². The minimum atomic E-state index is -0.522. The van der Waals surface area contributed by atoms with Crippen molar-refractivity contribution in [3.05, 3.63) is 35.2 Å². The Morgan fingerprint density at radius 2 is 2.38 bits per heavy atom. The molecule has 2 aromatic heterocycles. The van der Waals surface area contributed by atoms with E-state index >= 15 is 0 Å². The van der Waals surface area contributed by atoms with E-state index in [9.17, 15) is 4.39 Å². The predicted molar refractivity (Wildman–Crippen MR) is 93.5 cm³/mol. The standard InChI is InChI=1S/C17H23ClFN5/c1-24-8-4-15(23-24)13-11-22-16(18)9-14(13)17(20)5-2-3-12(10-17)21-7-6-19/h4,8-9,11-12,21H,2-3,5-7,10,20H2,1H3. The molecule has 3 N–H and O–H groups in total. The quantitative estimate of drug-likeness (QED) is 0.813. The first-order chi connectivity index (χ1) is 11.5. The molecule has 0 aromatic carbocycles. The van der Waals surface area contributed by atoms with Crippen LogP contribution in [0.3, 0.4) is 0 Å². The van der Waals surface area contributed by atoms with Gasteiger partial charge >= 0.3 is 0 Å². The lowest BCUT2D eigenvalue weighted by Crippen LogP contribution is -2.48. The second-order valence-electron chi connectivity index (χ2n) is 6.52. The van der Waals surface area contributed by atoms with Gasteiger partial charge in [-0.1, -0.05) is 11.6 Å². The summed E-state index contributed by atoms with van der Waals surface area (Å²) in [6.45, 7) is -0.000706. The molecule has 2 heterocycles. The molecule has 0 saturated heterocycles. The zero-order valence-electron chi connectivity index (χ0n) is 13.8. The average Bonchev–Trinajstić information content (AvgIpc) is 2.99. The maximum atomic E-state index is 12.5. The lowest BCUT2D eigenvalue weighted by Gasteiger charge is -2.39. The van der Waals surface area contributed by atoms with Crippen molar-refractivity contribution >= 4 is 11.6 Å². The van der Waals surface area contributed by atoms with Crippen LogP contribution in [0.1, 0.15) is 31.2 Å². The third-order valence-corrected chi connectivity index (χ3v) is 4.92. The normalized spacial score (nSPS) is 24.2. The number of halogens is 2. The summed E-state index contributed by atoms with van der Waals surface area (Å²) in [7, 11) is 1.88. The van der Waals surface area contributed by atoms with Gasteiger partial charge in [-0.2, -0.15) is 5.10 Å². The molecule has 7 heteroatoms. The number of rotatable bonds is 5. The second-order valence-corrected chi connectivity index (χ2v) is 6.91. The van der Waals surface area contributed by atoms with Crippen molar-refractivity contribution in [3.8, 4) is 11.3 Å². The van der Waals surface area contributed by atoms with Gasteiger partial charge in [0.05, 0.1) is 5.69 Å². The Balaban J connectivity index is 1.96. The summed E-state index contributed by atoms with van der Waals surface area (Å²) < 4.78 is 14.2. The summed E-state index contributed by atoms with van der Waals surface area (Å²) in [5.74, 6) is 0. The van der Waals surface area contributed by atoms with Gasteiger partial charge in [0.2, 0.25) is 0 Å². The highest BCUT2D eigenvalue weighted by Gasteiger charge is 2.36. The fourth-order valence-corrected chi connectivity index (χ4v) is 3.75. The van der Waals surface area contributed by atoms with Crippen molar-refractivity contribution < 1.29 is 4.39 Å². The number of aryl methyl sites for hydroxylation is 1. The molecule has 1 aliphatic carbocycles. The number of alkyl halides is 1. The van der Waals surface area contributed by atoms with E-state index in [4.69, 9.17) is 17.3 Å². The molecule has 130 valence electrons. The minimum Gasteiger partial charge on any atom is -0.321 e. The molecule has 0 aliphatic heterocycles. The van der Waals surface area contributed by atoms with Crippen LogP contribution in [-0.4, -0.2) is 34.0 Å². The number of nitrogens with two attached hydrogens (primary N) is 1. The molecule has 1 aliphatic rings. The van der Waals surface area contributed by atoms with Gasteiger partial charge in [0.1, 0.15) is 11.8 Å². The highest BCUT2D eigenvalue weighted by molar-refractivity contribution is 6.29. The predicted octanol–water partition coefficient (Wildman–Crippen LogP) is 2.79. The van der Waals surface area contributed by atoms with Crippen molar-refractivity contribution in [2.45, 2.75) is 37.3 Å². The fraction of sp³-hybridized carbons (Fsp3) is 0.529. The van der Waals surface area contributed by atoms with Gasteiger partial charge in [-0.3, -0.25) is 4.68 Å². The van der Waals surface area contributed by atoms with Gasteiger partial charge in [0.25, 0.3) is 0 Å². The Labute approximate surface area is 146 Å². The molecular weight excluding hydrogens is 329 g/mol. The van der Waals surface area contributed by atoms with Crippen molar-refractivity contribution in [2.75, 3.05) is 13.2 Å². The average molecular weight is 352 g/mol. The van der Waals surface area contributed by atoms with Crippen LogP contribution in [0.25, 0.3) is 11.3 Å². The number of hydrogen-bond acceptors (Lipinski definition) is 4. The first kappa shape index (κ1) is 17.3. The van der Waals surface area contributed by atoms with Crippen LogP contribution in [0.2, 0.25) is 5.15 Å². The van der Waals surface area contributed by atoms with Crippen LogP contribution >= 0.6 is 11.6 Å². The van der Waals surface area contributed by atoms with Crippen LogP contribution in [0, 0.1) is 0 Å². The molecule has 2 unspecified atom stereocenters. The zero-order chi connectivity index (χ0) is 17.2. The molecule has 3 rings (SSSR count). The molecule has 24 heavy (non-hydrogen) atoms. The molecule has 1 fully saturated rings. The Kier molecular flexibility index (Phi) is 5.18. The first-order valence-corrected chi connectivity index (χ1v) is 8.64. The van der Waals surface area contributed by atoms with Crippen LogP contribution < -0.4 is 11.1 Å². The van der Waals surface area contributed by atoms with Gasteiger partial charge in [-0.15, -0.1) is 0 Å². The molecule has 2 aromatic rings. The number of nitrogens with one attached hydrogen (secondary N) is 1. The maximum Gasteiger partial charge on any atom is 0.129 e. The van der Waals surface area contributed by atoms with E-state index in [2.05, 4.69) is 15.4 Å². The number of nitrogens with zero attached hydrogens (tertiary/aromatic N) is 3. The summed E-state index contributed by atoms with van der Waals surface area (Å²) in [5.41, 5.74) is 8.99. The van der Waals surface area contributed by atoms with E-state index < -0.39 is 5.54 Å². The van der Waals surface area contributed by atoms with E-state index in [0.717, 1.165) is 42.5 Å². The summed E-state index contributed by atoms with van der Waals surface area (Å²) in [6.07, 6.45) is 7.24. The Bertz CT molecular complexity index is 704. The van der Waals surface area contributed by atoms with Gasteiger partial charge in [0, 0.05) is 43.1 Å². The van der Waals surface area contributed by atoms with Crippen LogP contribution in [0.5, 0.6) is 0 Å². The largest absolute Gasteiger partial charge is 0.321 e. The van der Waals surface area contributed by atoms with Crippen molar-refractivity contribution in [2.24, 2.45) is 12.8 Å². The number of pyridine rings is 1. The smallest absolute Gasteiger partial charge is 0.129 e. The van der Waals surface area contributed by atoms with Crippen LogP contribution in [0.15, 0.2) is 24.5 Å². The molecule has 0 spiro atoms. The van der Waals surface area contributed by atoms with Gasteiger partial charge in [-0.05, 0) is 43.4 Å². The van der Waals surface area contributed by atoms with Crippen LogP contribution in [-0.2, 0) is 12.6 Å². The zero-order valence-corrected chi connectivity index (χ0v) is 14.6. The highest BCUT2D eigenvalue weighted by Crippen LogP contribution is 2.40. The van der Waals surface area contributed by atoms with Gasteiger partial charge in [-0.25, -0.2) is 9.37 Å². The lowest BCUT2D eigenvalue weighted by atomic mass is 9.74. The molecule has 2 atom stereocenters. The second kappa shape index (κ2) is 7.17. The molecule has 0 amide bonds. The summed E-state index contributed by atoms with van der Waals surface area (Å²) in [4.78, 5) is 4.22.